The van der Waals surface area contributed by atoms with Gasteiger partial charge in [0.1, 0.15) is 0 Å². The second-order valence-electron chi connectivity index (χ2n) is 9.84. The first-order chi connectivity index (χ1) is 13.4. The Hall–Kier alpha value is 0.761. The Bertz CT molecular complexity index is 436. The first-order valence-corrected chi connectivity index (χ1v) is 22.1. The van der Waals surface area contributed by atoms with Gasteiger partial charge in [-0.15, -0.1) is 0 Å². The molecule has 0 saturated heterocycles. The highest BCUT2D eigenvalue weighted by atomic mass is 31.2. The largest absolute Gasteiger partial charge is 0.459 e. The van der Waals surface area contributed by atoms with E-state index < -0.39 is 32.3 Å². The molecule has 0 aromatic heterocycles. The summed E-state index contributed by atoms with van der Waals surface area (Å²) in [5.74, 6) is 0. The van der Waals surface area contributed by atoms with Gasteiger partial charge in [0, 0.05) is 0 Å². The van der Waals surface area contributed by atoms with Crippen molar-refractivity contribution >= 4 is 32.3 Å². The minimum absolute atomic E-state index is 0.523. The van der Waals surface area contributed by atoms with Crippen LogP contribution in [-0.4, -0.2) is 34.3 Å². The molecule has 2 N–H and O–H groups in total. The Kier molecular flexibility index (Phi) is 13.7. The van der Waals surface area contributed by atoms with Crippen molar-refractivity contribution in [3.63, 3.8) is 0 Å². The molecule has 176 valence electrons. The maximum atomic E-state index is 12.1. The van der Waals surface area contributed by atoms with E-state index >= 15 is 0 Å². The average molecular weight is 483 g/mol. The summed E-state index contributed by atoms with van der Waals surface area (Å²) in [5.41, 5.74) is 0. The van der Waals surface area contributed by atoms with Gasteiger partial charge in [-0.1, -0.05) is 116 Å². The van der Waals surface area contributed by atoms with Crippen molar-refractivity contribution in [1.29, 1.82) is 0 Å². The van der Waals surface area contributed by atoms with E-state index in [1.54, 1.807) is 0 Å². The Morgan fingerprint density at radius 1 is 0.655 bits per heavy atom. The normalized spacial score (nSPS) is 14.0. The van der Waals surface area contributed by atoms with E-state index in [-0.39, 0.29) is 0 Å². The van der Waals surface area contributed by atoms with Crippen LogP contribution in [0.3, 0.4) is 0 Å². The summed E-state index contributed by atoms with van der Waals surface area (Å²) < 4.78 is 17.9. The first-order valence-electron chi connectivity index (χ1n) is 12.2. The number of phosphoric acid groups is 1. The van der Waals surface area contributed by atoms with Crippen LogP contribution in [0.2, 0.25) is 54.1 Å². The van der Waals surface area contributed by atoms with Crippen molar-refractivity contribution in [2.45, 2.75) is 134 Å². The van der Waals surface area contributed by atoms with Crippen LogP contribution in [0.25, 0.3) is 0 Å². The van der Waals surface area contributed by atoms with Crippen molar-refractivity contribution in [1.82, 2.24) is 0 Å². The van der Waals surface area contributed by atoms with Gasteiger partial charge in [0.05, 0.1) is 16.1 Å². The van der Waals surface area contributed by atoms with Crippen LogP contribution in [-0.2, 0) is 8.78 Å². The fourth-order valence-electron chi connectivity index (χ4n) is 7.09. The van der Waals surface area contributed by atoms with E-state index in [1.165, 1.54) is 74.8 Å². The molecule has 8 heteroatoms. The smallest absolute Gasteiger partial charge is 0.330 e. The molecule has 29 heavy (non-hydrogen) atoms. The number of hydrogen-bond donors (Lipinski definition) is 2. The molecule has 0 aliphatic rings. The molecule has 0 amide bonds. The zero-order chi connectivity index (χ0) is 22.8. The molecular weight excluding hydrogens is 431 g/mol. The molecule has 0 aromatic rings. The zero-order valence-electron chi connectivity index (χ0n) is 20.7. The second kappa shape index (κ2) is 13.3. The molecule has 0 fully saturated rings. The maximum Gasteiger partial charge on any atom is 0.459 e. The minimum atomic E-state index is -4.49. The lowest BCUT2D eigenvalue weighted by Gasteiger charge is -2.55. The predicted octanol–water partition coefficient (Wildman–Crippen LogP) is 8.11. The van der Waals surface area contributed by atoms with Crippen molar-refractivity contribution in [3.05, 3.63) is 0 Å². The van der Waals surface area contributed by atoms with E-state index in [9.17, 15) is 14.4 Å². The van der Waals surface area contributed by atoms with E-state index in [1.807, 2.05) is 0 Å². The van der Waals surface area contributed by atoms with Crippen molar-refractivity contribution in [2.75, 3.05) is 0 Å². The quantitative estimate of drug-likeness (QED) is 0.162. The molecule has 0 heterocycles. The Labute approximate surface area is 185 Å². The molecule has 0 unspecified atom stereocenters. The van der Waals surface area contributed by atoms with E-state index in [2.05, 4.69) is 54.6 Å². The SMILES string of the molecule is CCC[Si](CCC)(CCC)C([Si](CCC)(CCC)CCC)[Si](C)(C)OP(=O)(O)O. The predicted molar refractivity (Wildman–Crippen MR) is 136 cm³/mol. The second-order valence-corrected chi connectivity index (χ2v) is 26.7. The molecule has 0 bridgehead atoms. The molecule has 0 aliphatic heterocycles. The summed E-state index contributed by atoms with van der Waals surface area (Å²) in [6.07, 6.45) is 7.15. The van der Waals surface area contributed by atoms with E-state index in [4.69, 9.17) is 4.21 Å². The van der Waals surface area contributed by atoms with Gasteiger partial charge in [-0.3, -0.25) is 0 Å². The van der Waals surface area contributed by atoms with Crippen LogP contribution in [0.4, 0.5) is 0 Å². The third-order valence-corrected chi connectivity index (χ3v) is 33.9. The van der Waals surface area contributed by atoms with Crippen molar-refractivity contribution < 1.29 is 18.6 Å². The maximum absolute atomic E-state index is 12.1. The highest BCUT2D eigenvalue weighted by Crippen LogP contribution is 2.56. The summed E-state index contributed by atoms with van der Waals surface area (Å²) in [6, 6.07) is 7.79. The van der Waals surface area contributed by atoms with Crippen LogP contribution >= 0.6 is 7.82 Å². The topological polar surface area (TPSA) is 66.8 Å². The Balaban J connectivity index is 6.92. The van der Waals surface area contributed by atoms with Gasteiger partial charge in [0.25, 0.3) is 0 Å². The van der Waals surface area contributed by atoms with Gasteiger partial charge in [-0.25, -0.2) is 4.57 Å². The third-order valence-electron chi connectivity index (χ3n) is 6.76. The third kappa shape index (κ3) is 8.66. The fraction of sp³-hybridized carbons (Fsp3) is 1.00. The van der Waals surface area contributed by atoms with Crippen molar-refractivity contribution in [3.8, 4) is 0 Å². The monoisotopic (exact) mass is 482 g/mol. The van der Waals surface area contributed by atoms with Gasteiger partial charge < -0.3 is 14.0 Å². The molecule has 0 aromatic carbocycles. The highest BCUT2D eigenvalue weighted by Gasteiger charge is 2.59. The van der Waals surface area contributed by atoms with Crippen LogP contribution in [0.5, 0.6) is 0 Å². The molecule has 0 spiro atoms. The summed E-state index contributed by atoms with van der Waals surface area (Å²) in [6.45, 7) is 18.2. The summed E-state index contributed by atoms with van der Waals surface area (Å²) >= 11 is 0. The lowest BCUT2D eigenvalue weighted by molar-refractivity contribution is 0.280. The standard InChI is InChI=1S/C21H51O4PSi3/c1-9-15-28(16-10-2,17-11-3)21(27(7,8)25-26(22,23)24)29(18-12-4,19-13-5)20-14-6/h21H,9-20H2,1-8H3,(H2,22,23,24). The first kappa shape index (κ1) is 29.8. The van der Waals surface area contributed by atoms with Crippen LogP contribution in [0.1, 0.15) is 80.1 Å². The molecule has 0 radical (unpaired) electrons. The lowest BCUT2D eigenvalue weighted by Crippen LogP contribution is -2.64. The van der Waals surface area contributed by atoms with Crippen LogP contribution in [0.15, 0.2) is 0 Å². The zero-order valence-corrected chi connectivity index (χ0v) is 24.6. The average Bonchev–Trinajstić information content (AvgIpc) is 2.53. The van der Waals surface area contributed by atoms with Gasteiger partial charge in [0.15, 0.2) is 8.32 Å². The summed E-state index contributed by atoms with van der Waals surface area (Å²) in [4.78, 5) is 20.3. The molecule has 0 saturated carbocycles. The van der Waals surface area contributed by atoms with Gasteiger partial charge >= 0.3 is 7.82 Å². The van der Waals surface area contributed by atoms with Crippen LogP contribution < -0.4 is 0 Å². The Morgan fingerprint density at radius 3 is 1.07 bits per heavy atom. The molecule has 0 rings (SSSR count). The molecule has 4 nitrogen and oxygen atoms in total. The number of hydrogen-bond acceptors (Lipinski definition) is 2. The molecular formula is C21H51O4PSi3. The van der Waals surface area contributed by atoms with Gasteiger partial charge in [0.2, 0.25) is 0 Å². The molecule has 0 atom stereocenters. The Morgan fingerprint density at radius 2 is 0.897 bits per heavy atom. The highest BCUT2D eigenvalue weighted by molar-refractivity contribution is 7.48. The van der Waals surface area contributed by atoms with Gasteiger partial charge in [-0.05, 0) is 17.9 Å². The fourth-order valence-corrected chi connectivity index (χ4v) is 42.3. The van der Waals surface area contributed by atoms with E-state index in [0.29, 0.717) is 4.79 Å². The summed E-state index contributed by atoms with van der Waals surface area (Å²) in [7, 11) is -10.6. The molecule has 0 aliphatic carbocycles. The lowest BCUT2D eigenvalue weighted by atomic mass is 10.5. The van der Waals surface area contributed by atoms with Crippen LogP contribution in [0, 0.1) is 0 Å². The summed E-state index contributed by atoms with van der Waals surface area (Å²) in [5, 5.41) is 0. The minimum Gasteiger partial charge on any atom is -0.330 e. The van der Waals surface area contributed by atoms with E-state index in [0.717, 1.165) is 0 Å². The number of rotatable bonds is 17. The van der Waals surface area contributed by atoms with Gasteiger partial charge in [-0.2, -0.15) is 0 Å². The van der Waals surface area contributed by atoms with Crippen molar-refractivity contribution in [2.24, 2.45) is 0 Å².